The Kier molecular flexibility index (Phi) is 8.07. The highest BCUT2D eigenvalue weighted by molar-refractivity contribution is 5.76. The lowest BCUT2D eigenvalue weighted by atomic mass is 9.99. The Morgan fingerprint density at radius 2 is 2.16 bits per heavy atom. The molecule has 2 atom stereocenters. The fourth-order valence-electron chi connectivity index (χ4n) is 5.30. The van der Waals surface area contributed by atoms with Gasteiger partial charge < -0.3 is 19.9 Å². The number of fused-ring (bicyclic) bond motifs is 1. The highest BCUT2D eigenvalue weighted by atomic mass is 19.1. The SMILES string of the molecule is CC1(OCc2ccc(F)cc2C(C(=O)O)N2CC[C@@H](OCCCCc3ccc4c(n3)NCCC4)C2)CC1. The van der Waals surface area contributed by atoms with Gasteiger partial charge in [0.1, 0.15) is 17.7 Å². The number of aryl methyl sites for hydroxylation is 2. The highest BCUT2D eigenvalue weighted by Crippen LogP contribution is 2.40. The van der Waals surface area contributed by atoms with Crippen LogP contribution in [0.4, 0.5) is 10.2 Å². The zero-order valence-corrected chi connectivity index (χ0v) is 21.7. The molecule has 2 aliphatic heterocycles. The van der Waals surface area contributed by atoms with Crippen molar-refractivity contribution >= 4 is 11.8 Å². The number of likely N-dealkylation sites (tertiary alicyclic amines) is 1. The first kappa shape index (κ1) is 26.1. The van der Waals surface area contributed by atoms with Crippen LogP contribution in [0.1, 0.15) is 73.9 Å². The Morgan fingerprint density at radius 1 is 1.30 bits per heavy atom. The third-order valence-electron chi connectivity index (χ3n) is 7.84. The lowest BCUT2D eigenvalue weighted by molar-refractivity contribution is -0.143. The molecule has 0 spiro atoms. The van der Waals surface area contributed by atoms with Crippen molar-refractivity contribution in [2.75, 3.05) is 31.6 Å². The van der Waals surface area contributed by atoms with Gasteiger partial charge in [0.2, 0.25) is 0 Å². The molecule has 2 aromatic rings. The average molecular weight is 512 g/mol. The van der Waals surface area contributed by atoms with Gasteiger partial charge in [-0.2, -0.15) is 0 Å². The summed E-state index contributed by atoms with van der Waals surface area (Å²) < 4.78 is 26.3. The molecule has 0 amide bonds. The minimum Gasteiger partial charge on any atom is -0.480 e. The summed E-state index contributed by atoms with van der Waals surface area (Å²) in [5, 5.41) is 13.5. The molecular formula is C29H38FN3O4. The van der Waals surface area contributed by atoms with E-state index in [2.05, 4.69) is 17.4 Å². The standard InChI is InChI=1S/C29H38FN3O4/c1-29(12-13-29)37-19-21-7-9-22(30)17-25(21)26(28(34)35)33-15-11-24(18-33)36-16-3-2-6-23-10-8-20-5-4-14-31-27(20)32-23/h7-10,17,24,26H,2-6,11-16,18-19H2,1H3,(H,31,32)(H,34,35)/t24-,26?/m1/s1. The summed E-state index contributed by atoms with van der Waals surface area (Å²) in [6.07, 6.45) is 7.83. The molecule has 1 saturated heterocycles. The molecule has 3 aliphatic rings. The topological polar surface area (TPSA) is 83.9 Å². The van der Waals surface area contributed by atoms with Gasteiger partial charge in [-0.05, 0) is 93.2 Å². The van der Waals surface area contributed by atoms with Crippen molar-refractivity contribution < 1.29 is 23.8 Å². The van der Waals surface area contributed by atoms with E-state index in [1.165, 1.54) is 17.7 Å². The predicted molar refractivity (Wildman–Crippen MR) is 139 cm³/mol. The van der Waals surface area contributed by atoms with E-state index in [4.69, 9.17) is 14.5 Å². The molecule has 2 fully saturated rings. The number of nitrogens with one attached hydrogen (secondary N) is 1. The van der Waals surface area contributed by atoms with Crippen LogP contribution in [-0.4, -0.2) is 58.9 Å². The molecule has 0 bridgehead atoms. The largest absolute Gasteiger partial charge is 0.480 e. The minimum absolute atomic E-state index is 0.0217. The Labute approximate surface area is 218 Å². The maximum atomic E-state index is 14.2. The number of carboxylic acid groups (broad SMARTS) is 1. The third kappa shape index (κ3) is 6.67. The third-order valence-corrected chi connectivity index (χ3v) is 7.84. The van der Waals surface area contributed by atoms with Crippen LogP contribution in [0.25, 0.3) is 0 Å². The van der Waals surface area contributed by atoms with Gasteiger partial charge in [-0.15, -0.1) is 0 Å². The summed E-state index contributed by atoms with van der Waals surface area (Å²) in [5.74, 6) is -0.371. The maximum absolute atomic E-state index is 14.2. The van der Waals surface area contributed by atoms with Gasteiger partial charge in [-0.25, -0.2) is 9.37 Å². The van der Waals surface area contributed by atoms with Gasteiger partial charge in [0.05, 0.1) is 18.3 Å². The Hall–Kier alpha value is -2.55. The average Bonchev–Trinajstić information content (AvgIpc) is 3.45. The van der Waals surface area contributed by atoms with Crippen molar-refractivity contribution in [1.29, 1.82) is 0 Å². The van der Waals surface area contributed by atoms with Crippen molar-refractivity contribution in [3.05, 3.63) is 58.5 Å². The number of carbonyl (C=O) groups is 1. The van der Waals surface area contributed by atoms with Gasteiger partial charge >= 0.3 is 5.97 Å². The number of benzene rings is 1. The van der Waals surface area contributed by atoms with Crippen molar-refractivity contribution in [2.24, 2.45) is 0 Å². The molecule has 1 saturated carbocycles. The summed E-state index contributed by atoms with van der Waals surface area (Å²) in [5.41, 5.74) is 3.49. The number of halogens is 1. The number of hydrogen-bond donors (Lipinski definition) is 2. The highest BCUT2D eigenvalue weighted by Gasteiger charge is 2.39. The van der Waals surface area contributed by atoms with Crippen LogP contribution in [0.3, 0.4) is 0 Å². The second kappa shape index (κ2) is 11.5. The van der Waals surface area contributed by atoms with Crippen LogP contribution in [0, 0.1) is 5.82 Å². The van der Waals surface area contributed by atoms with Crippen LogP contribution in [-0.2, 0) is 33.7 Å². The number of pyridine rings is 1. The van der Waals surface area contributed by atoms with Gasteiger partial charge in [0.15, 0.2) is 0 Å². The predicted octanol–water partition coefficient (Wildman–Crippen LogP) is 4.89. The Balaban J connectivity index is 1.11. The maximum Gasteiger partial charge on any atom is 0.325 e. The van der Waals surface area contributed by atoms with E-state index < -0.39 is 17.8 Å². The van der Waals surface area contributed by atoms with E-state index >= 15 is 0 Å². The molecule has 2 N–H and O–H groups in total. The number of nitrogens with zero attached hydrogens (tertiary/aromatic N) is 2. The van der Waals surface area contributed by atoms with Crippen molar-refractivity contribution in [3.63, 3.8) is 0 Å². The lowest BCUT2D eigenvalue weighted by Gasteiger charge is -2.27. The number of ether oxygens (including phenoxy) is 2. The van der Waals surface area contributed by atoms with Crippen LogP contribution >= 0.6 is 0 Å². The fourth-order valence-corrected chi connectivity index (χ4v) is 5.30. The van der Waals surface area contributed by atoms with E-state index in [1.54, 1.807) is 6.07 Å². The number of aromatic nitrogens is 1. The summed E-state index contributed by atoms with van der Waals surface area (Å²) in [6.45, 7) is 5.08. The monoisotopic (exact) mass is 511 g/mol. The van der Waals surface area contributed by atoms with E-state index in [1.807, 2.05) is 11.8 Å². The molecule has 200 valence electrons. The molecule has 5 rings (SSSR count). The van der Waals surface area contributed by atoms with Crippen molar-refractivity contribution in [1.82, 2.24) is 9.88 Å². The minimum atomic E-state index is -0.975. The molecule has 1 aromatic heterocycles. The molecule has 7 nitrogen and oxygen atoms in total. The normalized spacial score (nSPS) is 21.3. The number of anilines is 1. The second-order valence-corrected chi connectivity index (χ2v) is 10.9. The summed E-state index contributed by atoms with van der Waals surface area (Å²) >= 11 is 0. The van der Waals surface area contributed by atoms with Crippen LogP contribution in [0.15, 0.2) is 30.3 Å². The zero-order chi connectivity index (χ0) is 25.8. The number of aliphatic carboxylic acids is 1. The molecule has 1 aliphatic carbocycles. The van der Waals surface area contributed by atoms with Crippen LogP contribution in [0.5, 0.6) is 0 Å². The number of unbranched alkanes of at least 4 members (excludes halogenated alkanes) is 1. The molecule has 1 unspecified atom stereocenters. The van der Waals surface area contributed by atoms with Gasteiger partial charge in [0, 0.05) is 31.9 Å². The lowest BCUT2D eigenvalue weighted by Crippen LogP contribution is -2.34. The zero-order valence-electron chi connectivity index (χ0n) is 21.7. The molecule has 3 heterocycles. The Bertz CT molecular complexity index is 1110. The van der Waals surface area contributed by atoms with Crippen LogP contribution < -0.4 is 5.32 Å². The number of rotatable bonds is 12. The van der Waals surface area contributed by atoms with E-state index in [0.717, 1.165) is 75.0 Å². The first-order valence-corrected chi connectivity index (χ1v) is 13.6. The van der Waals surface area contributed by atoms with Crippen LogP contribution in [0.2, 0.25) is 0 Å². The molecule has 8 heteroatoms. The van der Waals surface area contributed by atoms with E-state index in [0.29, 0.717) is 31.9 Å². The first-order chi connectivity index (χ1) is 17.9. The fraction of sp³-hybridized carbons (Fsp3) is 0.586. The summed E-state index contributed by atoms with van der Waals surface area (Å²) in [4.78, 5) is 19.0. The summed E-state index contributed by atoms with van der Waals surface area (Å²) in [6, 6.07) is 7.79. The van der Waals surface area contributed by atoms with Gasteiger partial charge in [-0.1, -0.05) is 12.1 Å². The molecule has 0 radical (unpaired) electrons. The number of carboxylic acids is 1. The van der Waals surface area contributed by atoms with Crippen molar-refractivity contribution in [2.45, 2.75) is 82.6 Å². The quantitative estimate of drug-likeness (QED) is 0.393. The second-order valence-electron chi connectivity index (χ2n) is 10.9. The van der Waals surface area contributed by atoms with Gasteiger partial charge in [-0.3, -0.25) is 9.69 Å². The Morgan fingerprint density at radius 3 is 2.97 bits per heavy atom. The summed E-state index contributed by atoms with van der Waals surface area (Å²) in [7, 11) is 0. The smallest absolute Gasteiger partial charge is 0.325 e. The first-order valence-electron chi connectivity index (χ1n) is 13.6. The number of hydrogen-bond acceptors (Lipinski definition) is 6. The molecule has 37 heavy (non-hydrogen) atoms. The molecule has 1 aromatic carbocycles. The van der Waals surface area contributed by atoms with E-state index in [-0.39, 0.29) is 11.7 Å². The molecular weight excluding hydrogens is 473 g/mol. The van der Waals surface area contributed by atoms with Gasteiger partial charge in [0.25, 0.3) is 0 Å². The van der Waals surface area contributed by atoms with E-state index in [9.17, 15) is 14.3 Å². The van der Waals surface area contributed by atoms with Crippen molar-refractivity contribution in [3.8, 4) is 0 Å².